The third-order valence-electron chi connectivity index (χ3n) is 4.13. The monoisotopic (exact) mass is 348 g/mol. The number of carbonyl (C=O) groups is 1. The van der Waals surface area contributed by atoms with Crippen LogP contribution in [-0.4, -0.2) is 41.0 Å². The minimum absolute atomic E-state index is 0.0578. The van der Waals surface area contributed by atoms with Gasteiger partial charge in [-0.2, -0.15) is 5.10 Å². The number of amidine groups is 1. The van der Waals surface area contributed by atoms with E-state index in [9.17, 15) is 9.18 Å². The summed E-state index contributed by atoms with van der Waals surface area (Å²) in [7, 11) is 0. The van der Waals surface area contributed by atoms with Crippen LogP contribution in [0.15, 0.2) is 28.4 Å². The average molecular weight is 348 g/mol. The van der Waals surface area contributed by atoms with Crippen molar-refractivity contribution in [2.75, 3.05) is 18.8 Å². The summed E-state index contributed by atoms with van der Waals surface area (Å²) in [6, 6.07) is 4.74. The molecule has 2 aliphatic heterocycles. The van der Waals surface area contributed by atoms with Crippen LogP contribution in [0.5, 0.6) is 0 Å². The van der Waals surface area contributed by atoms with E-state index in [4.69, 9.17) is 0 Å². The maximum atomic E-state index is 13.7. The molecule has 0 unspecified atom stereocenters. The number of hydrogen-bond donors (Lipinski definition) is 1. The maximum Gasteiger partial charge on any atom is 0.236 e. The summed E-state index contributed by atoms with van der Waals surface area (Å²) in [6.07, 6.45) is 6.57. The van der Waals surface area contributed by atoms with Crippen LogP contribution in [0.4, 0.5) is 4.39 Å². The summed E-state index contributed by atoms with van der Waals surface area (Å²) in [5.74, 6) is 0.0879. The number of hydrogen-bond acceptors (Lipinski definition) is 5. The Morgan fingerprint density at radius 3 is 2.75 bits per heavy atom. The molecule has 3 rings (SSSR count). The highest BCUT2D eigenvalue weighted by Crippen LogP contribution is 2.17. The van der Waals surface area contributed by atoms with E-state index in [0.717, 1.165) is 30.8 Å². The Kier molecular flexibility index (Phi) is 5.98. The molecule has 1 amide bonds. The van der Waals surface area contributed by atoms with Gasteiger partial charge in [0.25, 0.3) is 0 Å². The molecule has 1 N–H and O–H groups in total. The lowest BCUT2D eigenvalue weighted by Crippen LogP contribution is -2.24. The highest BCUT2D eigenvalue weighted by atomic mass is 32.2. The second kappa shape index (κ2) is 8.39. The topological polar surface area (TPSA) is 57.1 Å². The number of carbonyl (C=O) groups excluding carboxylic acids is 1. The van der Waals surface area contributed by atoms with Crippen LogP contribution in [0.2, 0.25) is 0 Å². The molecule has 2 fully saturated rings. The van der Waals surface area contributed by atoms with Gasteiger partial charge in [-0.25, -0.2) is 4.39 Å². The molecule has 1 aromatic carbocycles. The predicted octanol–water partition coefficient (Wildman–Crippen LogP) is 2.75. The zero-order valence-electron chi connectivity index (χ0n) is 13.5. The average Bonchev–Trinajstić information content (AvgIpc) is 2.81. The first kappa shape index (κ1) is 17.1. The molecule has 0 aromatic heterocycles. The SMILES string of the molecule is O=C1CSC(=NN=Cc2ccc(F)cc2CN2CCCCCC2)N1. The van der Waals surface area contributed by atoms with Crippen LogP contribution in [-0.2, 0) is 11.3 Å². The zero-order valence-corrected chi connectivity index (χ0v) is 14.3. The van der Waals surface area contributed by atoms with E-state index in [2.05, 4.69) is 20.4 Å². The van der Waals surface area contributed by atoms with Crippen LogP contribution < -0.4 is 5.32 Å². The molecule has 0 aliphatic carbocycles. The Balaban J connectivity index is 1.71. The van der Waals surface area contributed by atoms with Gasteiger partial charge in [0.15, 0.2) is 5.17 Å². The molecule has 7 heteroatoms. The summed E-state index contributed by atoms with van der Waals surface area (Å²) in [5, 5.41) is 11.2. The van der Waals surface area contributed by atoms with Crippen molar-refractivity contribution < 1.29 is 9.18 Å². The molecule has 0 bridgehead atoms. The van der Waals surface area contributed by atoms with E-state index in [1.807, 2.05) is 0 Å². The number of halogens is 1. The largest absolute Gasteiger partial charge is 0.303 e. The van der Waals surface area contributed by atoms with E-state index < -0.39 is 0 Å². The van der Waals surface area contributed by atoms with E-state index in [1.54, 1.807) is 18.3 Å². The lowest BCUT2D eigenvalue weighted by Gasteiger charge is -2.20. The Morgan fingerprint density at radius 2 is 2.04 bits per heavy atom. The summed E-state index contributed by atoms with van der Waals surface area (Å²) in [4.78, 5) is 13.5. The van der Waals surface area contributed by atoms with Gasteiger partial charge >= 0.3 is 0 Å². The molecular formula is C17H21FN4OS. The Hall–Kier alpha value is -1.73. The molecular weight excluding hydrogens is 327 g/mol. The van der Waals surface area contributed by atoms with Gasteiger partial charge in [0.2, 0.25) is 5.91 Å². The lowest BCUT2D eigenvalue weighted by molar-refractivity contribution is -0.116. The first-order valence-electron chi connectivity index (χ1n) is 8.25. The van der Waals surface area contributed by atoms with Crippen molar-refractivity contribution in [2.24, 2.45) is 10.2 Å². The number of rotatable bonds is 4. The number of thioether (sulfide) groups is 1. The van der Waals surface area contributed by atoms with Gasteiger partial charge in [-0.3, -0.25) is 9.69 Å². The predicted molar refractivity (Wildman–Crippen MR) is 95.8 cm³/mol. The Morgan fingerprint density at radius 1 is 1.25 bits per heavy atom. The fourth-order valence-corrected chi connectivity index (χ4v) is 3.53. The standard InChI is InChI=1S/C17H21FN4OS/c18-15-6-5-13(10-19-21-17-20-16(23)12-24-17)14(9-15)11-22-7-3-1-2-4-8-22/h5-6,9-10H,1-4,7-8,11-12H2,(H,20,21,23). The Labute approximate surface area is 145 Å². The molecule has 0 atom stereocenters. The van der Waals surface area contributed by atoms with Gasteiger partial charge in [-0.05, 0) is 49.2 Å². The first-order valence-corrected chi connectivity index (χ1v) is 9.24. The molecule has 2 aliphatic rings. The van der Waals surface area contributed by atoms with Gasteiger partial charge in [-0.1, -0.05) is 30.7 Å². The zero-order chi connectivity index (χ0) is 16.8. The first-order chi connectivity index (χ1) is 11.7. The van der Waals surface area contributed by atoms with Crippen LogP contribution in [0.25, 0.3) is 0 Å². The number of amides is 1. The number of benzene rings is 1. The molecule has 0 saturated carbocycles. The second-order valence-corrected chi connectivity index (χ2v) is 6.98. The summed E-state index contributed by atoms with van der Waals surface area (Å²) < 4.78 is 13.7. The van der Waals surface area contributed by atoms with Gasteiger partial charge in [-0.15, -0.1) is 5.10 Å². The van der Waals surface area contributed by atoms with Crippen molar-refractivity contribution in [2.45, 2.75) is 32.2 Å². The minimum atomic E-state index is -0.234. The molecule has 0 spiro atoms. The molecule has 0 radical (unpaired) electrons. The van der Waals surface area contributed by atoms with Gasteiger partial charge in [0.05, 0.1) is 12.0 Å². The van der Waals surface area contributed by atoms with Crippen molar-refractivity contribution in [3.8, 4) is 0 Å². The van der Waals surface area contributed by atoms with E-state index in [1.165, 1.54) is 43.5 Å². The van der Waals surface area contributed by atoms with Gasteiger partial charge in [0, 0.05) is 6.54 Å². The van der Waals surface area contributed by atoms with Crippen LogP contribution >= 0.6 is 11.8 Å². The number of nitrogens with zero attached hydrogens (tertiary/aromatic N) is 3. The van der Waals surface area contributed by atoms with Crippen LogP contribution in [0, 0.1) is 5.82 Å². The van der Waals surface area contributed by atoms with Crippen LogP contribution in [0.1, 0.15) is 36.8 Å². The summed E-state index contributed by atoms with van der Waals surface area (Å²) >= 11 is 1.33. The normalized spacial score (nSPS) is 21.4. The van der Waals surface area contributed by atoms with Gasteiger partial charge < -0.3 is 5.32 Å². The van der Waals surface area contributed by atoms with Crippen molar-refractivity contribution in [1.29, 1.82) is 0 Å². The van der Waals surface area contributed by atoms with Crippen molar-refractivity contribution in [1.82, 2.24) is 10.2 Å². The lowest BCUT2D eigenvalue weighted by atomic mass is 10.1. The highest BCUT2D eigenvalue weighted by Gasteiger charge is 2.16. The maximum absolute atomic E-state index is 13.7. The third kappa shape index (κ3) is 4.88. The quantitative estimate of drug-likeness (QED) is 0.672. The second-order valence-electron chi connectivity index (χ2n) is 6.02. The van der Waals surface area contributed by atoms with Crippen molar-refractivity contribution in [3.63, 3.8) is 0 Å². The molecule has 2 saturated heterocycles. The van der Waals surface area contributed by atoms with Gasteiger partial charge in [0.1, 0.15) is 5.82 Å². The van der Waals surface area contributed by atoms with E-state index in [-0.39, 0.29) is 11.7 Å². The third-order valence-corrected chi connectivity index (χ3v) is 4.99. The number of nitrogens with one attached hydrogen (secondary N) is 1. The summed E-state index contributed by atoms with van der Waals surface area (Å²) in [5.41, 5.74) is 1.78. The van der Waals surface area contributed by atoms with E-state index >= 15 is 0 Å². The molecule has 128 valence electrons. The molecule has 1 aromatic rings. The molecule has 5 nitrogen and oxygen atoms in total. The fraction of sp³-hybridized carbons (Fsp3) is 0.471. The fourth-order valence-electron chi connectivity index (χ4n) is 2.90. The van der Waals surface area contributed by atoms with E-state index in [0.29, 0.717) is 10.9 Å². The number of likely N-dealkylation sites (tertiary alicyclic amines) is 1. The minimum Gasteiger partial charge on any atom is -0.303 e. The smallest absolute Gasteiger partial charge is 0.236 e. The summed E-state index contributed by atoms with van der Waals surface area (Å²) in [6.45, 7) is 2.83. The van der Waals surface area contributed by atoms with Crippen molar-refractivity contribution in [3.05, 3.63) is 35.1 Å². The highest BCUT2D eigenvalue weighted by molar-refractivity contribution is 8.15. The molecule has 2 heterocycles. The Bertz CT molecular complexity index is 654. The molecule has 24 heavy (non-hydrogen) atoms. The van der Waals surface area contributed by atoms with Crippen molar-refractivity contribution >= 4 is 29.1 Å². The van der Waals surface area contributed by atoms with Crippen LogP contribution in [0.3, 0.4) is 0 Å².